The standard InChI is InChI=1S/C24H28F2N4O3S2/c1-28(2)12-3-13-30(24-27-21-9-6-19(26)16-22(21)34-24)23(31)17-10-14-29(15-11-17)35(32,33)20-7-4-18(25)5-8-20/h4-9,16-17H,3,10-15H2,1-2H3. The Morgan fingerprint density at radius 2 is 1.71 bits per heavy atom. The van der Waals surface area contributed by atoms with Crippen molar-refractivity contribution in [2.75, 3.05) is 45.2 Å². The van der Waals surface area contributed by atoms with Crippen LogP contribution in [-0.4, -0.2) is 68.8 Å². The lowest BCUT2D eigenvalue weighted by Gasteiger charge is -2.33. The van der Waals surface area contributed by atoms with Crippen LogP contribution >= 0.6 is 11.3 Å². The van der Waals surface area contributed by atoms with Gasteiger partial charge in [-0.15, -0.1) is 0 Å². The molecule has 2 heterocycles. The van der Waals surface area contributed by atoms with Gasteiger partial charge in [-0.05, 0) is 82.4 Å². The van der Waals surface area contributed by atoms with Gasteiger partial charge in [-0.1, -0.05) is 11.3 Å². The second kappa shape index (κ2) is 10.7. The van der Waals surface area contributed by atoms with Crippen LogP contribution < -0.4 is 4.90 Å². The van der Waals surface area contributed by atoms with E-state index in [0.717, 1.165) is 25.1 Å². The molecule has 1 fully saturated rings. The largest absolute Gasteiger partial charge is 0.309 e. The van der Waals surface area contributed by atoms with Gasteiger partial charge in [-0.25, -0.2) is 22.2 Å². The summed E-state index contributed by atoms with van der Waals surface area (Å²) >= 11 is 1.28. The van der Waals surface area contributed by atoms with Gasteiger partial charge < -0.3 is 4.90 Å². The Kier molecular flexibility index (Phi) is 7.80. The van der Waals surface area contributed by atoms with E-state index in [-0.39, 0.29) is 35.6 Å². The molecule has 0 N–H and O–H groups in total. The molecule has 0 aliphatic carbocycles. The van der Waals surface area contributed by atoms with E-state index in [1.807, 2.05) is 19.0 Å². The van der Waals surface area contributed by atoms with Gasteiger partial charge in [0.15, 0.2) is 5.13 Å². The van der Waals surface area contributed by atoms with Crippen LogP contribution in [0.3, 0.4) is 0 Å². The topological polar surface area (TPSA) is 73.8 Å². The highest BCUT2D eigenvalue weighted by molar-refractivity contribution is 7.89. The summed E-state index contributed by atoms with van der Waals surface area (Å²) in [5.74, 6) is -1.30. The molecule has 3 aromatic rings. The zero-order chi connectivity index (χ0) is 25.2. The predicted molar refractivity (Wildman–Crippen MR) is 133 cm³/mol. The maximum absolute atomic E-state index is 13.7. The van der Waals surface area contributed by atoms with Crippen LogP contribution in [0.5, 0.6) is 0 Å². The number of sulfonamides is 1. The summed E-state index contributed by atoms with van der Waals surface area (Å²) in [6.45, 7) is 1.66. The predicted octanol–water partition coefficient (Wildman–Crippen LogP) is 3.96. The van der Waals surface area contributed by atoms with Crippen molar-refractivity contribution < 1.29 is 22.0 Å². The van der Waals surface area contributed by atoms with E-state index in [1.165, 1.54) is 39.9 Å². The molecule has 1 amide bonds. The van der Waals surface area contributed by atoms with Crippen LogP contribution in [-0.2, 0) is 14.8 Å². The smallest absolute Gasteiger partial charge is 0.243 e. The van der Waals surface area contributed by atoms with Gasteiger partial charge in [-0.3, -0.25) is 9.69 Å². The number of carbonyl (C=O) groups excluding carboxylic acids is 1. The first-order chi connectivity index (χ1) is 16.6. The van der Waals surface area contributed by atoms with Crippen molar-refractivity contribution in [1.29, 1.82) is 0 Å². The van der Waals surface area contributed by atoms with Crippen LogP contribution in [0, 0.1) is 17.6 Å². The number of hydrogen-bond acceptors (Lipinski definition) is 6. The SMILES string of the molecule is CN(C)CCCN(C(=O)C1CCN(S(=O)(=O)c2ccc(F)cc2)CC1)c1nc2ccc(F)cc2s1. The molecule has 11 heteroatoms. The molecule has 0 unspecified atom stereocenters. The lowest BCUT2D eigenvalue weighted by Crippen LogP contribution is -2.45. The number of nitrogens with zero attached hydrogens (tertiary/aromatic N) is 4. The molecule has 4 rings (SSSR count). The fraction of sp³-hybridized carbons (Fsp3) is 0.417. The van der Waals surface area contributed by atoms with E-state index in [0.29, 0.717) is 34.7 Å². The Morgan fingerprint density at radius 3 is 2.37 bits per heavy atom. The summed E-state index contributed by atoms with van der Waals surface area (Å²) in [6, 6.07) is 9.12. The van der Waals surface area contributed by atoms with E-state index in [1.54, 1.807) is 11.0 Å². The summed E-state index contributed by atoms with van der Waals surface area (Å²) in [5.41, 5.74) is 0.636. The normalized spacial score (nSPS) is 15.7. The van der Waals surface area contributed by atoms with Gasteiger partial charge in [0.25, 0.3) is 0 Å². The van der Waals surface area contributed by atoms with E-state index in [9.17, 15) is 22.0 Å². The van der Waals surface area contributed by atoms with Crippen molar-refractivity contribution in [2.24, 2.45) is 5.92 Å². The number of carbonyl (C=O) groups is 1. The highest BCUT2D eigenvalue weighted by atomic mass is 32.2. The molecule has 7 nitrogen and oxygen atoms in total. The average Bonchev–Trinajstić information content (AvgIpc) is 3.24. The lowest BCUT2D eigenvalue weighted by molar-refractivity contribution is -0.123. The summed E-state index contributed by atoms with van der Waals surface area (Å²) in [7, 11) is 0.169. The van der Waals surface area contributed by atoms with Gasteiger partial charge in [0.1, 0.15) is 11.6 Å². The number of anilines is 1. The molecular weight excluding hydrogens is 494 g/mol. The molecule has 0 spiro atoms. The third-order valence-corrected chi connectivity index (χ3v) is 9.03. The van der Waals surface area contributed by atoms with Crippen molar-refractivity contribution in [2.45, 2.75) is 24.2 Å². The average molecular weight is 523 g/mol. The number of hydrogen-bond donors (Lipinski definition) is 0. The molecule has 0 radical (unpaired) electrons. The van der Waals surface area contributed by atoms with E-state index in [2.05, 4.69) is 4.98 Å². The highest BCUT2D eigenvalue weighted by Crippen LogP contribution is 2.32. The lowest BCUT2D eigenvalue weighted by atomic mass is 9.96. The zero-order valence-electron chi connectivity index (χ0n) is 19.7. The molecule has 188 valence electrons. The fourth-order valence-electron chi connectivity index (χ4n) is 4.17. The first-order valence-corrected chi connectivity index (χ1v) is 13.7. The monoisotopic (exact) mass is 522 g/mol. The van der Waals surface area contributed by atoms with Crippen LogP contribution in [0.4, 0.5) is 13.9 Å². The van der Waals surface area contributed by atoms with E-state index in [4.69, 9.17) is 0 Å². The molecule has 1 aliphatic heterocycles. The number of benzene rings is 2. The van der Waals surface area contributed by atoms with Gasteiger partial charge in [-0.2, -0.15) is 4.31 Å². The molecule has 0 atom stereocenters. The molecule has 0 saturated carbocycles. The van der Waals surface area contributed by atoms with Crippen LogP contribution in [0.15, 0.2) is 47.4 Å². The molecule has 35 heavy (non-hydrogen) atoms. The van der Waals surface area contributed by atoms with Crippen molar-refractivity contribution in [3.8, 4) is 0 Å². The molecule has 2 aromatic carbocycles. The van der Waals surface area contributed by atoms with Crippen LogP contribution in [0.25, 0.3) is 10.2 Å². The van der Waals surface area contributed by atoms with Gasteiger partial charge >= 0.3 is 0 Å². The van der Waals surface area contributed by atoms with Gasteiger partial charge in [0.05, 0.1) is 15.1 Å². The number of piperidine rings is 1. The Labute approximate surface area is 208 Å². The third kappa shape index (κ3) is 5.85. The van der Waals surface area contributed by atoms with Crippen molar-refractivity contribution in [3.05, 3.63) is 54.1 Å². The quantitative estimate of drug-likeness (QED) is 0.448. The molecule has 0 bridgehead atoms. The number of rotatable bonds is 8. The van der Waals surface area contributed by atoms with Gasteiger partial charge in [0, 0.05) is 25.6 Å². The summed E-state index contributed by atoms with van der Waals surface area (Å²) < 4.78 is 54.8. The maximum Gasteiger partial charge on any atom is 0.243 e. The number of thiazole rings is 1. The van der Waals surface area contributed by atoms with E-state index >= 15 is 0 Å². The second-order valence-electron chi connectivity index (χ2n) is 8.89. The summed E-state index contributed by atoms with van der Waals surface area (Å²) in [5, 5.41) is 0.524. The summed E-state index contributed by atoms with van der Waals surface area (Å²) in [6.07, 6.45) is 1.49. The Morgan fingerprint density at radius 1 is 1.06 bits per heavy atom. The number of fused-ring (bicyclic) bond motifs is 1. The minimum atomic E-state index is -3.76. The molecule has 1 saturated heterocycles. The maximum atomic E-state index is 13.7. The Hall–Kier alpha value is -2.47. The summed E-state index contributed by atoms with van der Waals surface area (Å²) in [4.78, 5) is 21.9. The van der Waals surface area contributed by atoms with Crippen molar-refractivity contribution in [1.82, 2.24) is 14.2 Å². The first kappa shape index (κ1) is 25.6. The Bertz CT molecular complexity index is 1290. The van der Waals surface area contributed by atoms with Crippen molar-refractivity contribution >= 4 is 42.6 Å². The minimum absolute atomic E-state index is 0.0377. The highest BCUT2D eigenvalue weighted by Gasteiger charge is 2.35. The van der Waals surface area contributed by atoms with Crippen molar-refractivity contribution in [3.63, 3.8) is 0 Å². The third-order valence-electron chi connectivity index (χ3n) is 6.08. The molecular formula is C24H28F2N4O3S2. The zero-order valence-corrected chi connectivity index (χ0v) is 21.3. The molecule has 1 aliphatic rings. The van der Waals surface area contributed by atoms with E-state index < -0.39 is 15.8 Å². The number of halogens is 2. The number of aromatic nitrogens is 1. The molecule has 1 aromatic heterocycles. The first-order valence-electron chi connectivity index (χ1n) is 11.4. The van der Waals surface area contributed by atoms with Crippen LogP contribution in [0.1, 0.15) is 19.3 Å². The minimum Gasteiger partial charge on any atom is -0.309 e. The number of amides is 1. The fourth-order valence-corrected chi connectivity index (χ4v) is 6.66. The van der Waals surface area contributed by atoms with Gasteiger partial charge in [0.2, 0.25) is 15.9 Å². The van der Waals surface area contributed by atoms with Crippen LogP contribution in [0.2, 0.25) is 0 Å². The second-order valence-corrected chi connectivity index (χ2v) is 11.8. The Balaban J connectivity index is 1.49.